The Morgan fingerprint density at radius 3 is 2.53 bits per heavy atom. The Kier molecular flexibility index (Phi) is 3.07. The van der Waals surface area contributed by atoms with Gasteiger partial charge in [0.1, 0.15) is 5.75 Å². The standard InChI is InChI=1S/C13H18N2O2/c1-2-7-13(14)8-15(9-13)12(17)10-3-5-11(16)6-4-10/h3-6,16H,2,7-9,14H2,1H3. The lowest BCUT2D eigenvalue weighted by Gasteiger charge is -2.47. The van der Waals surface area contributed by atoms with E-state index in [0.29, 0.717) is 18.7 Å². The summed E-state index contributed by atoms with van der Waals surface area (Å²) < 4.78 is 0. The summed E-state index contributed by atoms with van der Waals surface area (Å²) in [4.78, 5) is 13.8. The minimum Gasteiger partial charge on any atom is -0.508 e. The number of likely N-dealkylation sites (tertiary alicyclic amines) is 1. The van der Waals surface area contributed by atoms with Crippen molar-refractivity contribution in [1.29, 1.82) is 0 Å². The van der Waals surface area contributed by atoms with E-state index in [2.05, 4.69) is 6.92 Å². The van der Waals surface area contributed by atoms with E-state index in [4.69, 9.17) is 10.8 Å². The number of carbonyl (C=O) groups is 1. The fraction of sp³-hybridized carbons (Fsp3) is 0.462. The lowest BCUT2D eigenvalue weighted by Crippen LogP contribution is -2.68. The second kappa shape index (κ2) is 4.37. The highest BCUT2D eigenvalue weighted by atomic mass is 16.3. The first-order chi connectivity index (χ1) is 8.04. The van der Waals surface area contributed by atoms with E-state index in [1.165, 1.54) is 12.1 Å². The number of benzene rings is 1. The largest absolute Gasteiger partial charge is 0.508 e. The van der Waals surface area contributed by atoms with Crippen molar-refractivity contribution >= 4 is 5.91 Å². The molecule has 1 aliphatic rings. The van der Waals surface area contributed by atoms with Crippen LogP contribution in [0.2, 0.25) is 0 Å². The zero-order valence-electron chi connectivity index (χ0n) is 10.0. The second-order valence-corrected chi connectivity index (χ2v) is 4.82. The Hall–Kier alpha value is -1.55. The highest BCUT2D eigenvalue weighted by Crippen LogP contribution is 2.25. The molecule has 0 spiro atoms. The van der Waals surface area contributed by atoms with E-state index >= 15 is 0 Å². The predicted molar refractivity (Wildman–Crippen MR) is 65.8 cm³/mol. The molecule has 3 N–H and O–H groups in total. The number of aromatic hydroxyl groups is 1. The molecule has 1 aromatic rings. The number of nitrogens with zero attached hydrogens (tertiary/aromatic N) is 1. The van der Waals surface area contributed by atoms with Crippen LogP contribution < -0.4 is 5.73 Å². The molecule has 92 valence electrons. The normalized spacial score (nSPS) is 17.6. The molecule has 1 aliphatic heterocycles. The highest BCUT2D eigenvalue weighted by Gasteiger charge is 2.41. The lowest BCUT2D eigenvalue weighted by molar-refractivity contribution is 0.0386. The summed E-state index contributed by atoms with van der Waals surface area (Å²) in [5.74, 6) is 0.159. The van der Waals surface area contributed by atoms with Gasteiger partial charge in [0.2, 0.25) is 0 Å². The van der Waals surface area contributed by atoms with Crippen LogP contribution in [0, 0.1) is 0 Å². The van der Waals surface area contributed by atoms with E-state index in [-0.39, 0.29) is 17.2 Å². The third-order valence-corrected chi connectivity index (χ3v) is 3.16. The molecule has 1 saturated heterocycles. The van der Waals surface area contributed by atoms with Gasteiger partial charge in [0.05, 0.1) is 5.54 Å². The van der Waals surface area contributed by atoms with Gasteiger partial charge in [0.15, 0.2) is 0 Å². The van der Waals surface area contributed by atoms with Crippen LogP contribution in [0.1, 0.15) is 30.1 Å². The van der Waals surface area contributed by atoms with Crippen LogP contribution in [0.15, 0.2) is 24.3 Å². The summed E-state index contributed by atoms with van der Waals surface area (Å²) in [6, 6.07) is 6.31. The molecule has 0 atom stereocenters. The first kappa shape index (κ1) is 11.9. The van der Waals surface area contributed by atoms with Crippen LogP contribution in [0.3, 0.4) is 0 Å². The molecule has 1 heterocycles. The Morgan fingerprint density at radius 2 is 2.00 bits per heavy atom. The summed E-state index contributed by atoms with van der Waals surface area (Å²) in [5, 5.41) is 9.16. The zero-order valence-corrected chi connectivity index (χ0v) is 10.0. The monoisotopic (exact) mass is 234 g/mol. The number of hydrogen-bond donors (Lipinski definition) is 2. The quantitative estimate of drug-likeness (QED) is 0.829. The third kappa shape index (κ3) is 2.42. The Labute approximate surface area is 101 Å². The molecule has 0 radical (unpaired) electrons. The molecule has 4 heteroatoms. The van der Waals surface area contributed by atoms with Crippen molar-refractivity contribution in [3.8, 4) is 5.75 Å². The average molecular weight is 234 g/mol. The fourth-order valence-electron chi connectivity index (χ4n) is 2.30. The minimum atomic E-state index is -0.193. The molecule has 0 saturated carbocycles. The van der Waals surface area contributed by atoms with Gasteiger partial charge in [-0.1, -0.05) is 13.3 Å². The van der Waals surface area contributed by atoms with Gasteiger partial charge >= 0.3 is 0 Å². The van der Waals surface area contributed by atoms with Gasteiger partial charge in [-0.2, -0.15) is 0 Å². The molecule has 0 unspecified atom stereocenters. The number of phenolic OH excluding ortho intramolecular Hbond substituents is 1. The first-order valence-corrected chi connectivity index (χ1v) is 5.91. The molecule has 0 aromatic heterocycles. The molecule has 1 amide bonds. The SMILES string of the molecule is CCCC1(N)CN(C(=O)c2ccc(O)cc2)C1. The van der Waals surface area contributed by atoms with Gasteiger partial charge < -0.3 is 15.7 Å². The predicted octanol–water partition coefficient (Wildman–Crippen LogP) is 1.35. The van der Waals surface area contributed by atoms with Gasteiger partial charge in [-0.25, -0.2) is 0 Å². The summed E-state index contributed by atoms with van der Waals surface area (Å²) in [7, 11) is 0. The molecule has 1 fully saturated rings. The van der Waals surface area contributed by atoms with E-state index in [0.717, 1.165) is 12.8 Å². The number of phenols is 1. The van der Waals surface area contributed by atoms with Crippen LogP contribution in [0.5, 0.6) is 5.75 Å². The van der Waals surface area contributed by atoms with E-state index in [9.17, 15) is 4.79 Å². The van der Waals surface area contributed by atoms with E-state index < -0.39 is 0 Å². The number of amides is 1. The molecule has 1 aromatic carbocycles. The van der Waals surface area contributed by atoms with Gasteiger partial charge in [-0.3, -0.25) is 4.79 Å². The smallest absolute Gasteiger partial charge is 0.253 e. The van der Waals surface area contributed by atoms with Crippen LogP contribution >= 0.6 is 0 Å². The van der Waals surface area contributed by atoms with Crippen molar-refractivity contribution < 1.29 is 9.90 Å². The van der Waals surface area contributed by atoms with Crippen molar-refractivity contribution in [2.24, 2.45) is 5.73 Å². The van der Waals surface area contributed by atoms with E-state index in [1.807, 2.05) is 0 Å². The maximum absolute atomic E-state index is 12.0. The molecule has 2 rings (SSSR count). The van der Waals surface area contributed by atoms with Crippen molar-refractivity contribution in [3.63, 3.8) is 0 Å². The lowest BCUT2D eigenvalue weighted by atomic mass is 9.86. The van der Waals surface area contributed by atoms with Crippen LogP contribution in [0.25, 0.3) is 0 Å². The maximum atomic E-state index is 12.0. The average Bonchev–Trinajstić information content (AvgIpc) is 2.26. The molecule has 0 aliphatic carbocycles. The Balaban J connectivity index is 1.97. The highest BCUT2D eigenvalue weighted by molar-refractivity contribution is 5.95. The summed E-state index contributed by atoms with van der Waals surface area (Å²) >= 11 is 0. The van der Waals surface area contributed by atoms with E-state index in [1.54, 1.807) is 17.0 Å². The molecular weight excluding hydrogens is 216 g/mol. The molecular formula is C13H18N2O2. The van der Waals surface area contributed by atoms with Gasteiger partial charge in [-0.05, 0) is 30.7 Å². The first-order valence-electron chi connectivity index (χ1n) is 5.91. The summed E-state index contributed by atoms with van der Waals surface area (Å²) in [6.07, 6.45) is 1.99. The number of rotatable bonds is 3. The number of hydrogen-bond acceptors (Lipinski definition) is 3. The Morgan fingerprint density at radius 1 is 1.41 bits per heavy atom. The number of carbonyl (C=O) groups excluding carboxylic acids is 1. The maximum Gasteiger partial charge on any atom is 0.253 e. The van der Waals surface area contributed by atoms with Gasteiger partial charge in [0.25, 0.3) is 5.91 Å². The molecule has 17 heavy (non-hydrogen) atoms. The fourth-order valence-corrected chi connectivity index (χ4v) is 2.30. The van der Waals surface area contributed by atoms with Crippen molar-refractivity contribution in [2.45, 2.75) is 25.3 Å². The summed E-state index contributed by atoms with van der Waals surface area (Å²) in [6.45, 7) is 3.35. The van der Waals surface area contributed by atoms with Gasteiger partial charge in [0, 0.05) is 18.7 Å². The van der Waals surface area contributed by atoms with Crippen LogP contribution in [0.4, 0.5) is 0 Å². The van der Waals surface area contributed by atoms with Crippen molar-refractivity contribution in [2.75, 3.05) is 13.1 Å². The zero-order chi connectivity index (χ0) is 12.5. The van der Waals surface area contributed by atoms with Gasteiger partial charge in [-0.15, -0.1) is 0 Å². The third-order valence-electron chi connectivity index (χ3n) is 3.16. The van der Waals surface area contributed by atoms with Crippen molar-refractivity contribution in [1.82, 2.24) is 4.90 Å². The molecule has 4 nitrogen and oxygen atoms in total. The van der Waals surface area contributed by atoms with Crippen LogP contribution in [-0.2, 0) is 0 Å². The second-order valence-electron chi connectivity index (χ2n) is 4.82. The summed E-state index contributed by atoms with van der Waals surface area (Å²) in [5.41, 5.74) is 6.52. The minimum absolute atomic E-state index is 0.0119. The molecule has 0 bridgehead atoms. The Bertz CT molecular complexity index is 408. The van der Waals surface area contributed by atoms with Crippen LogP contribution in [-0.4, -0.2) is 34.5 Å². The van der Waals surface area contributed by atoms with Crippen molar-refractivity contribution in [3.05, 3.63) is 29.8 Å². The topological polar surface area (TPSA) is 66.6 Å². The number of nitrogens with two attached hydrogens (primary N) is 1.